The van der Waals surface area contributed by atoms with Crippen LogP contribution in [0.2, 0.25) is 0 Å². The molecular formula is C20H26N2O. The fraction of sp³-hybridized carbons (Fsp3) is 0.400. The van der Waals surface area contributed by atoms with Gasteiger partial charge < -0.3 is 9.64 Å². The van der Waals surface area contributed by atoms with Crippen LogP contribution in [-0.2, 0) is 6.54 Å². The number of methoxy groups -OCH3 is 1. The smallest absolute Gasteiger partial charge is 0.142 e. The van der Waals surface area contributed by atoms with Crippen LogP contribution in [0.25, 0.3) is 0 Å². The fourth-order valence-corrected chi connectivity index (χ4v) is 3.46. The van der Waals surface area contributed by atoms with Crippen molar-refractivity contribution >= 4 is 5.69 Å². The van der Waals surface area contributed by atoms with Gasteiger partial charge in [0.25, 0.3) is 0 Å². The Morgan fingerprint density at radius 1 is 0.913 bits per heavy atom. The molecule has 122 valence electrons. The minimum absolute atomic E-state index is 0.968. The number of hydrogen-bond acceptors (Lipinski definition) is 3. The molecule has 0 bridgehead atoms. The Bertz CT molecular complexity index is 640. The molecule has 0 N–H and O–H groups in total. The number of nitrogens with zero attached hydrogens (tertiary/aromatic N) is 2. The van der Waals surface area contributed by atoms with Crippen molar-refractivity contribution in [2.75, 3.05) is 38.2 Å². The number of anilines is 1. The van der Waals surface area contributed by atoms with Crippen molar-refractivity contribution in [2.24, 2.45) is 0 Å². The van der Waals surface area contributed by atoms with Gasteiger partial charge in [-0.2, -0.15) is 0 Å². The first-order valence-electron chi connectivity index (χ1n) is 8.33. The molecule has 1 aliphatic rings. The maximum atomic E-state index is 5.49. The number of benzene rings is 2. The predicted octanol–water partition coefficient (Wildman–Crippen LogP) is 3.63. The van der Waals surface area contributed by atoms with Gasteiger partial charge in [-0.15, -0.1) is 0 Å². The molecule has 0 atom stereocenters. The minimum atomic E-state index is 0.968. The summed E-state index contributed by atoms with van der Waals surface area (Å²) >= 11 is 0. The normalized spacial score (nSPS) is 15.7. The standard InChI is InChI=1S/C20H26N2O/c1-16-12-17(2)14-18(13-16)15-21-8-10-22(11-9-21)19-6-4-5-7-20(19)23-3/h4-7,12-14H,8-11,15H2,1-3H3. The highest BCUT2D eigenvalue weighted by Gasteiger charge is 2.19. The van der Waals surface area contributed by atoms with E-state index in [4.69, 9.17) is 4.74 Å². The van der Waals surface area contributed by atoms with Crippen LogP contribution in [-0.4, -0.2) is 38.2 Å². The van der Waals surface area contributed by atoms with Gasteiger partial charge in [0.05, 0.1) is 12.8 Å². The van der Waals surface area contributed by atoms with E-state index in [1.54, 1.807) is 7.11 Å². The van der Waals surface area contributed by atoms with Crippen molar-refractivity contribution in [1.29, 1.82) is 0 Å². The van der Waals surface area contributed by atoms with Crippen LogP contribution < -0.4 is 9.64 Å². The van der Waals surface area contributed by atoms with Gasteiger partial charge in [0.2, 0.25) is 0 Å². The molecule has 3 nitrogen and oxygen atoms in total. The lowest BCUT2D eigenvalue weighted by Crippen LogP contribution is -2.46. The Morgan fingerprint density at radius 2 is 1.57 bits per heavy atom. The summed E-state index contributed by atoms with van der Waals surface area (Å²) in [7, 11) is 1.75. The number of piperazine rings is 1. The van der Waals surface area contributed by atoms with Gasteiger partial charge in [0, 0.05) is 32.7 Å². The van der Waals surface area contributed by atoms with E-state index in [2.05, 4.69) is 54.0 Å². The van der Waals surface area contributed by atoms with Crippen LogP contribution in [0.5, 0.6) is 5.75 Å². The van der Waals surface area contributed by atoms with Crippen LogP contribution in [0.1, 0.15) is 16.7 Å². The molecule has 2 aromatic carbocycles. The Hall–Kier alpha value is -2.00. The summed E-state index contributed by atoms with van der Waals surface area (Å²) in [5, 5.41) is 0. The van der Waals surface area contributed by atoms with E-state index in [9.17, 15) is 0 Å². The van der Waals surface area contributed by atoms with E-state index in [1.807, 2.05) is 12.1 Å². The van der Waals surface area contributed by atoms with Crippen molar-refractivity contribution in [3.05, 3.63) is 59.2 Å². The average Bonchev–Trinajstić information content (AvgIpc) is 2.54. The minimum Gasteiger partial charge on any atom is -0.495 e. The van der Waals surface area contributed by atoms with E-state index in [0.29, 0.717) is 0 Å². The van der Waals surface area contributed by atoms with Crippen molar-refractivity contribution in [3.63, 3.8) is 0 Å². The Labute approximate surface area is 139 Å². The maximum Gasteiger partial charge on any atom is 0.142 e. The summed E-state index contributed by atoms with van der Waals surface area (Å²) in [4.78, 5) is 4.97. The van der Waals surface area contributed by atoms with Crippen LogP contribution >= 0.6 is 0 Å². The molecule has 0 spiro atoms. The number of aryl methyl sites for hydroxylation is 2. The molecule has 3 rings (SSSR count). The molecule has 0 unspecified atom stereocenters. The number of para-hydroxylation sites is 2. The number of hydrogen-bond donors (Lipinski definition) is 0. The van der Waals surface area contributed by atoms with Crippen LogP contribution in [0.4, 0.5) is 5.69 Å². The number of ether oxygens (including phenoxy) is 1. The first-order valence-corrected chi connectivity index (χ1v) is 8.33. The lowest BCUT2D eigenvalue weighted by atomic mass is 10.1. The lowest BCUT2D eigenvalue weighted by molar-refractivity contribution is 0.249. The molecule has 0 aromatic heterocycles. The highest BCUT2D eigenvalue weighted by molar-refractivity contribution is 5.58. The molecule has 0 amide bonds. The van der Waals surface area contributed by atoms with Crippen molar-refractivity contribution in [3.8, 4) is 5.75 Å². The van der Waals surface area contributed by atoms with E-state index >= 15 is 0 Å². The summed E-state index contributed by atoms with van der Waals surface area (Å²) < 4.78 is 5.49. The third kappa shape index (κ3) is 3.85. The molecule has 0 aliphatic carbocycles. The highest BCUT2D eigenvalue weighted by Crippen LogP contribution is 2.28. The first-order chi connectivity index (χ1) is 11.2. The highest BCUT2D eigenvalue weighted by atomic mass is 16.5. The van der Waals surface area contributed by atoms with E-state index in [-0.39, 0.29) is 0 Å². The van der Waals surface area contributed by atoms with Gasteiger partial charge in [-0.1, -0.05) is 41.5 Å². The molecule has 1 saturated heterocycles. The lowest BCUT2D eigenvalue weighted by Gasteiger charge is -2.36. The predicted molar refractivity (Wildman–Crippen MR) is 96.4 cm³/mol. The second-order valence-corrected chi connectivity index (χ2v) is 6.43. The SMILES string of the molecule is COc1ccccc1N1CCN(Cc2cc(C)cc(C)c2)CC1. The summed E-state index contributed by atoms with van der Waals surface area (Å²) in [5.74, 6) is 0.968. The Balaban J connectivity index is 1.62. The quantitative estimate of drug-likeness (QED) is 0.857. The largest absolute Gasteiger partial charge is 0.495 e. The van der Waals surface area contributed by atoms with Gasteiger partial charge in [-0.25, -0.2) is 0 Å². The second kappa shape index (κ2) is 7.05. The zero-order valence-corrected chi connectivity index (χ0v) is 14.4. The molecule has 3 heteroatoms. The maximum absolute atomic E-state index is 5.49. The Morgan fingerprint density at radius 3 is 2.22 bits per heavy atom. The monoisotopic (exact) mass is 310 g/mol. The summed E-state index contributed by atoms with van der Waals surface area (Å²) in [6.45, 7) is 9.67. The van der Waals surface area contributed by atoms with E-state index in [0.717, 1.165) is 38.5 Å². The van der Waals surface area contributed by atoms with Gasteiger partial charge in [0.1, 0.15) is 5.75 Å². The van der Waals surface area contributed by atoms with Crippen molar-refractivity contribution < 1.29 is 4.74 Å². The van der Waals surface area contributed by atoms with Crippen LogP contribution in [0, 0.1) is 13.8 Å². The van der Waals surface area contributed by atoms with Gasteiger partial charge in [0.15, 0.2) is 0 Å². The zero-order chi connectivity index (χ0) is 16.2. The summed E-state index contributed by atoms with van der Waals surface area (Å²) in [5.41, 5.74) is 5.34. The molecule has 0 radical (unpaired) electrons. The van der Waals surface area contributed by atoms with E-state index in [1.165, 1.54) is 22.4 Å². The third-order valence-electron chi connectivity index (χ3n) is 4.49. The van der Waals surface area contributed by atoms with Crippen molar-refractivity contribution in [1.82, 2.24) is 4.90 Å². The molecule has 1 fully saturated rings. The van der Waals surface area contributed by atoms with Crippen LogP contribution in [0.3, 0.4) is 0 Å². The first kappa shape index (κ1) is 15.9. The molecule has 0 saturated carbocycles. The molecule has 2 aromatic rings. The Kier molecular flexibility index (Phi) is 4.87. The summed E-state index contributed by atoms with van der Waals surface area (Å²) in [6, 6.07) is 15.1. The third-order valence-corrected chi connectivity index (χ3v) is 4.49. The van der Waals surface area contributed by atoms with Gasteiger partial charge in [-0.05, 0) is 31.5 Å². The molecular weight excluding hydrogens is 284 g/mol. The molecule has 1 heterocycles. The van der Waals surface area contributed by atoms with Crippen molar-refractivity contribution in [2.45, 2.75) is 20.4 Å². The zero-order valence-electron chi connectivity index (χ0n) is 14.4. The number of rotatable bonds is 4. The second-order valence-electron chi connectivity index (χ2n) is 6.43. The fourth-order valence-electron chi connectivity index (χ4n) is 3.46. The molecule has 1 aliphatic heterocycles. The van der Waals surface area contributed by atoms with E-state index < -0.39 is 0 Å². The molecule has 23 heavy (non-hydrogen) atoms. The average molecular weight is 310 g/mol. The van der Waals surface area contributed by atoms with Gasteiger partial charge in [-0.3, -0.25) is 4.90 Å². The van der Waals surface area contributed by atoms with Crippen LogP contribution in [0.15, 0.2) is 42.5 Å². The summed E-state index contributed by atoms with van der Waals surface area (Å²) in [6.07, 6.45) is 0. The van der Waals surface area contributed by atoms with Gasteiger partial charge >= 0.3 is 0 Å². The topological polar surface area (TPSA) is 15.7 Å².